The van der Waals surface area contributed by atoms with E-state index in [-0.39, 0.29) is 53.8 Å². The van der Waals surface area contributed by atoms with Gasteiger partial charge in [0.15, 0.2) is 5.78 Å². The van der Waals surface area contributed by atoms with Crippen LogP contribution in [-0.4, -0.2) is 108 Å². The largest absolute Gasteiger partial charge is 0.369 e. The highest BCUT2D eigenvalue weighted by molar-refractivity contribution is 6.20. The van der Waals surface area contributed by atoms with Gasteiger partial charge in [0, 0.05) is 57.8 Å². The number of ether oxygens (including phenoxy) is 1. The average Bonchev–Trinajstić information content (AvgIpc) is 3.42. The summed E-state index contributed by atoms with van der Waals surface area (Å²) >= 11 is 0. The molecular formula is C27H41N5O4. The third-order valence-corrected chi connectivity index (χ3v) is 9.70. The molecular weight excluding hydrogens is 458 g/mol. The Kier molecular flexibility index (Phi) is 6.81. The third kappa shape index (κ3) is 4.37. The number of ketones is 1. The van der Waals surface area contributed by atoms with Gasteiger partial charge >= 0.3 is 0 Å². The lowest BCUT2D eigenvalue weighted by Crippen LogP contribution is -2.71. The van der Waals surface area contributed by atoms with Crippen molar-refractivity contribution in [3.8, 4) is 0 Å². The monoisotopic (exact) mass is 499 g/mol. The summed E-state index contributed by atoms with van der Waals surface area (Å²) < 4.78 is 6.88. The number of nitrogens with one attached hydrogen (secondary N) is 2. The molecule has 7 unspecified atom stereocenters. The molecule has 6 rings (SSSR count). The van der Waals surface area contributed by atoms with Gasteiger partial charge in [-0.3, -0.25) is 19.3 Å². The number of piperazine rings is 1. The summed E-state index contributed by atoms with van der Waals surface area (Å²) in [7, 11) is 0. The van der Waals surface area contributed by atoms with Crippen molar-refractivity contribution in [3.63, 3.8) is 0 Å². The van der Waals surface area contributed by atoms with Gasteiger partial charge in [-0.2, -0.15) is 0 Å². The van der Waals surface area contributed by atoms with Gasteiger partial charge in [-0.15, -0.1) is 0 Å². The van der Waals surface area contributed by atoms with Crippen molar-refractivity contribution in [2.75, 3.05) is 45.8 Å². The maximum Gasteiger partial charge on any atom is 0.256 e. The van der Waals surface area contributed by atoms with Crippen molar-refractivity contribution >= 4 is 17.6 Å². The van der Waals surface area contributed by atoms with Crippen molar-refractivity contribution in [1.29, 1.82) is 0 Å². The van der Waals surface area contributed by atoms with E-state index >= 15 is 0 Å². The predicted molar refractivity (Wildman–Crippen MR) is 134 cm³/mol. The van der Waals surface area contributed by atoms with Crippen LogP contribution in [0, 0.1) is 11.8 Å². The fraction of sp³-hybridized carbons (Fsp3) is 0.815. The summed E-state index contributed by atoms with van der Waals surface area (Å²) in [4.78, 5) is 45.6. The summed E-state index contributed by atoms with van der Waals surface area (Å²) in [6, 6.07) is 0.486. The minimum atomic E-state index is -0.205. The molecule has 6 aliphatic rings. The summed E-state index contributed by atoms with van der Waals surface area (Å²) in [6.45, 7) is 7.39. The maximum atomic E-state index is 13.7. The molecule has 36 heavy (non-hydrogen) atoms. The molecule has 0 radical (unpaired) electrons. The Morgan fingerprint density at radius 1 is 1.06 bits per heavy atom. The molecule has 4 heterocycles. The number of nitrogens with zero attached hydrogens (tertiary/aromatic N) is 3. The zero-order chi connectivity index (χ0) is 24.8. The quantitative estimate of drug-likeness (QED) is 0.544. The van der Waals surface area contributed by atoms with Gasteiger partial charge in [-0.05, 0) is 51.1 Å². The second-order valence-electron chi connectivity index (χ2n) is 11.7. The van der Waals surface area contributed by atoms with Gasteiger partial charge in [0.25, 0.3) is 5.91 Å². The van der Waals surface area contributed by atoms with Gasteiger partial charge in [0.1, 0.15) is 0 Å². The number of fused-ring (bicyclic) bond motifs is 2. The molecule has 2 aliphatic carbocycles. The molecule has 3 saturated heterocycles. The lowest BCUT2D eigenvalue weighted by Gasteiger charge is -2.60. The maximum absolute atomic E-state index is 13.7. The molecule has 0 bridgehead atoms. The molecule has 2 saturated carbocycles. The van der Waals surface area contributed by atoms with Crippen molar-refractivity contribution in [2.45, 2.75) is 82.2 Å². The lowest BCUT2D eigenvalue weighted by molar-refractivity contribution is -0.202. The van der Waals surface area contributed by atoms with Crippen LogP contribution in [0.15, 0.2) is 11.8 Å². The first kappa shape index (κ1) is 24.4. The number of carbonyl (C=O) groups excluding carboxylic acids is 3. The van der Waals surface area contributed by atoms with E-state index in [4.69, 9.17) is 4.74 Å². The molecule has 0 aromatic heterocycles. The molecule has 4 aliphatic heterocycles. The zero-order valence-corrected chi connectivity index (χ0v) is 21.5. The molecule has 7 atom stereocenters. The van der Waals surface area contributed by atoms with Crippen molar-refractivity contribution < 1.29 is 19.1 Å². The smallest absolute Gasteiger partial charge is 0.256 e. The first-order chi connectivity index (χ1) is 17.5. The van der Waals surface area contributed by atoms with E-state index in [1.165, 1.54) is 6.42 Å². The third-order valence-electron chi connectivity index (χ3n) is 9.70. The van der Waals surface area contributed by atoms with Gasteiger partial charge in [0.2, 0.25) is 5.91 Å². The van der Waals surface area contributed by atoms with Gasteiger partial charge in [0.05, 0.1) is 29.9 Å². The van der Waals surface area contributed by atoms with Crippen LogP contribution in [0.2, 0.25) is 0 Å². The Bertz CT molecular complexity index is 910. The first-order valence-corrected chi connectivity index (χ1v) is 14.2. The molecule has 2 N–H and O–H groups in total. The van der Waals surface area contributed by atoms with Crippen molar-refractivity contribution in [2.24, 2.45) is 11.8 Å². The fourth-order valence-electron chi connectivity index (χ4n) is 7.72. The lowest BCUT2D eigenvalue weighted by atomic mass is 9.70. The standard InChI is InChI=1S/C27H41N5O4/c1-17(33)30-10-12-31(13-11-30)22-7-6-19-24-26(22)36-23-5-3-2-4-21(23)32(24)16-20(25(19)34)27(35)29-15-18-8-9-28-14-18/h16,18-19,21-24,26,28H,2-15H2,1H3,(H,29,35). The molecule has 9 heteroatoms. The zero-order valence-electron chi connectivity index (χ0n) is 21.5. The van der Waals surface area contributed by atoms with Gasteiger partial charge in [-0.1, -0.05) is 12.8 Å². The molecule has 5 fully saturated rings. The Morgan fingerprint density at radius 3 is 2.61 bits per heavy atom. The Hall–Kier alpha value is -1.97. The number of hydrogen-bond donors (Lipinski definition) is 2. The second kappa shape index (κ2) is 10.1. The van der Waals surface area contributed by atoms with Crippen LogP contribution in [0.1, 0.15) is 51.9 Å². The Labute approximate surface area is 213 Å². The van der Waals surface area contributed by atoms with Crippen LogP contribution in [0.4, 0.5) is 0 Å². The van der Waals surface area contributed by atoms with Crippen molar-refractivity contribution in [3.05, 3.63) is 11.8 Å². The Morgan fingerprint density at radius 2 is 1.86 bits per heavy atom. The van der Waals surface area contributed by atoms with Gasteiger partial charge < -0.3 is 25.2 Å². The predicted octanol–water partition coefficient (Wildman–Crippen LogP) is 0.502. The highest BCUT2D eigenvalue weighted by Gasteiger charge is 2.56. The molecule has 0 spiro atoms. The fourth-order valence-corrected chi connectivity index (χ4v) is 7.72. The summed E-state index contributed by atoms with van der Waals surface area (Å²) in [6.07, 6.45) is 9.20. The number of hydrogen-bond acceptors (Lipinski definition) is 7. The topological polar surface area (TPSA) is 94.2 Å². The molecule has 198 valence electrons. The molecule has 9 nitrogen and oxygen atoms in total. The van der Waals surface area contributed by atoms with E-state index in [9.17, 15) is 14.4 Å². The van der Waals surface area contributed by atoms with Gasteiger partial charge in [-0.25, -0.2) is 0 Å². The van der Waals surface area contributed by atoms with Crippen LogP contribution >= 0.6 is 0 Å². The van der Waals surface area contributed by atoms with Crippen LogP contribution in [-0.2, 0) is 19.1 Å². The highest BCUT2D eigenvalue weighted by Crippen LogP contribution is 2.46. The number of Topliss-reactive ketones (excluding diaryl/α,β-unsaturated/α-hetero) is 1. The minimum Gasteiger partial charge on any atom is -0.369 e. The summed E-state index contributed by atoms with van der Waals surface area (Å²) in [5.74, 6) is 0.188. The second-order valence-corrected chi connectivity index (χ2v) is 11.7. The number of carbonyl (C=O) groups is 3. The van der Waals surface area contributed by atoms with Crippen LogP contribution in [0.3, 0.4) is 0 Å². The Balaban J connectivity index is 1.24. The van der Waals surface area contributed by atoms with E-state index < -0.39 is 0 Å². The summed E-state index contributed by atoms with van der Waals surface area (Å²) in [5.41, 5.74) is 0.348. The van der Waals surface area contributed by atoms with E-state index in [2.05, 4.69) is 20.4 Å². The van der Waals surface area contributed by atoms with Crippen LogP contribution in [0.25, 0.3) is 0 Å². The number of morpholine rings is 1. The number of rotatable bonds is 4. The highest BCUT2D eigenvalue weighted by atomic mass is 16.5. The normalized spacial score (nSPS) is 38.8. The summed E-state index contributed by atoms with van der Waals surface area (Å²) in [5, 5.41) is 6.42. The SMILES string of the molecule is CC(=O)N1CCN(C2CCC3C(=O)C(C(=O)NCC4CCNC4)=CN4C5CCCCC5OC2C34)CC1. The molecule has 0 aromatic carbocycles. The van der Waals surface area contributed by atoms with Crippen LogP contribution < -0.4 is 10.6 Å². The van der Waals surface area contributed by atoms with E-state index in [1.54, 1.807) is 6.92 Å². The van der Waals surface area contributed by atoms with Crippen molar-refractivity contribution in [1.82, 2.24) is 25.3 Å². The number of amides is 2. The van der Waals surface area contributed by atoms with E-state index in [0.717, 1.165) is 77.8 Å². The van der Waals surface area contributed by atoms with E-state index in [1.807, 2.05) is 11.1 Å². The van der Waals surface area contributed by atoms with Crippen LogP contribution in [0.5, 0.6) is 0 Å². The molecule has 0 aromatic rings. The minimum absolute atomic E-state index is 0.000931. The van der Waals surface area contributed by atoms with E-state index in [0.29, 0.717) is 18.0 Å². The first-order valence-electron chi connectivity index (χ1n) is 14.2. The average molecular weight is 500 g/mol. The molecule has 2 amide bonds.